The number of ether oxygens (including phenoxy) is 1. The van der Waals surface area contributed by atoms with Crippen molar-refractivity contribution in [2.75, 3.05) is 7.11 Å². The fraction of sp³-hybridized carbons (Fsp3) is 0.545. The summed E-state index contributed by atoms with van der Waals surface area (Å²) >= 11 is 6.20. The van der Waals surface area contributed by atoms with E-state index >= 15 is 0 Å². The molecule has 0 aromatic carbocycles. The Morgan fingerprint density at radius 3 is 3.07 bits per heavy atom. The zero-order chi connectivity index (χ0) is 11.3. The van der Waals surface area contributed by atoms with Gasteiger partial charge in [-0.2, -0.15) is 0 Å². The molecule has 1 aliphatic rings. The van der Waals surface area contributed by atoms with Gasteiger partial charge in [0.15, 0.2) is 0 Å². The van der Waals surface area contributed by atoms with Crippen LogP contribution < -0.4 is 5.73 Å². The van der Waals surface area contributed by atoms with Crippen LogP contribution in [0.1, 0.15) is 19.8 Å². The fourth-order valence-electron chi connectivity index (χ4n) is 1.44. The van der Waals surface area contributed by atoms with Crippen LogP contribution in [0.15, 0.2) is 27.9 Å². The molecule has 2 N–H and O–H groups in total. The molecule has 0 saturated heterocycles. The predicted molar refractivity (Wildman–Crippen MR) is 63.9 cm³/mol. The average Bonchev–Trinajstić information content (AvgIpc) is 2.36. The third-order valence-corrected chi connectivity index (χ3v) is 2.81. The van der Waals surface area contributed by atoms with Gasteiger partial charge < -0.3 is 10.5 Å². The van der Waals surface area contributed by atoms with Crippen LogP contribution in [0, 0.1) is 5.92 Å². The lowest BCUT2D eigenvalue weighted by atomic mass is 10.0. The first-order chi connectivity index (χ1) is 7.19. The minimum absolute atomic E-state index is 0.375. The van der Waals surface area contributed by atoms with Crippen molar-refractivity contribution in [1.29, 1.82) is 0 Å². The predicted octanol–water partition coefficient (Wildman–Crippen LogP) is 2.42. The Hall–Kier alpha value is -0.800. The third kappa shape index (κ3) is 3.36. The topological polar surface area (TPSA) is 47.6 Å². The van der Waals surface area contributed by atoms with Crippen molar-refractivity contribution in [1.82, 2.24) is 0 Å². The second-order valence-corrected chi connectivity index (χ2v) is 3.97. The highest BCUT2D eigenvalue weighted by atomic mass is 35.5. The standard InChI is InChI=1S/C11H17ClN2O/c1-3-8-6-10(12)9(4-5-15-2)11(13)14-7-8/h4-5,7-8,11H,3,6,13H2,1-2H3. The van der Waals surface area contributed by atoms with Gasteiger partial charge in [-0.3, -0.25) is 4.99 Å². The summed E-state index contributed by atoms with van der Waals surface area (Å²) in [5, 5.41) is 0.778. The molecular weight excluding hydrogens is 212 g/mol. The molecule has 1 aliphatic heterocycles. The van der Waals surface area contributed by atoms with Gasteiger partial charge in [0.05, 0.1) is 13.4 Å². The first-order valence-electron chi connectivity index (χ1n) is 5.05. The molecular formula is C11H17ClN2O. The normalized spacial score (nSPS) is 27.2. The molecule has 1 heterocycles. The molecule has 0 amide bonds. The third-order valence-electron chi connectivity index (χ3n) is 2.44. The van der Waals surface area contributed by atoms with E-state index in [4.69, 9.17) is 22.1 Å². The van der Waals surface area contributed by atoms with Crippen molar-refractivity contribution < 1.29 is 4.74 Å². The van der Waals surface area contributed by atoms with Gasteiger partial charge in [-0.05, 0) is 24.8 Å². The number of rotatable bonds is 3. The SMILES string of the molecule is CCC1C=NC(N)C(C=COC)=C(Cl)C1. The molecule has 0 aromatic rings. The van der Waals surface area contributed by atoms with E-state index < -0.39 is 0 Å². The highest BCUT2D eigenvalue weighted by Crippen LogP contribution is 2.26. The number of halogens is 1. The van der Waals surface area contributed by atoms with E-state index in [9.17, 15) is 0 Å². The largest absolute Gasteiger partial charge is 0.504 e. The van der Waals surface area contributed by atoms with Crippen LogP contribution in [-0.4, -0.2) is 19.5 Å². The summed E-state index contributed by atoms with van der Waals surface area (Å²) < 4.78 is 4.85. The maximum atomic E-state index is 6.20. The van der Waals surface area contributed by atoms with E-state index in [1.165, 1.54) is 0 Å². The van der Waals surface area contributed by atoms with Crippen molar-refractivity contribution in [2.45, 2.75) is 25.9 Å². The Bertz CT molecular complexity index is 297. The van der Waals surface area contributed by atoms with E-state index in [0.717, 1.165) is 23.4 Å². The molecule has 0 bridgehead atoms. The molecule has 0 radical (unpaired) electrons. The van der Waals surface area contributed by atoms with E-state index in [1.54, 1.807) is 19.4 Å². The van der Waals surface area contributed by atoms with Gasteiger partial charge in [0.2, 0.25) is 0 Å². The summed E-state index contributed by atoms with van der Waals surface area (Å²) in [6.07, 6.45) is 6.70. The van der Waals surface area contributed by atoms with Gasteiger partial charge in [-0.15, -0.1) is 0 Å². The van der Waals surface area contributed by atoms with Crippen molar-refractivity contribution in [2.24, 2.45) is 16.6 Å². The Kier molecular flexibility index (Phi) is 4.85. The lowest BCUT2D eigenvalue weighted by Crippen LogP contribution is -2.19. The number of hydrogen-bond donors (Lipinski definition) is 1. The number of methoxy groups -OCH3 is 1. The molecule has 3 nitrogen and oxygen atoms in total. The maximum absolute atomic E-state index is 6.20. The molecule has 2 atom stereocenters. The number of aliphatic imine (C=N–C) groups is 1. The Morgan fingerprint density at radius 2 is 2.47 bits per heavy atom. The van der Waals surface area contributed by atoms with E-state index in [0.29, 0.717) is 5.92 Å². The van der Waals surface area contributed by atoms with Gasteiger partial charge in [-0.25, -0.2) is 0 Å². The van der Waals surface area contributed by atoms with E-state index in [1.807, 2.05) is 6.21 Å². The minimum atomic E-state index is -0.375. The van der Waals surface area contributed by atoms with Gasteiger partial charge in [0.25, 0.3) is 0 Å². The molecule has 0 spiro atoms. The van der Waals surface area contributed by atoms with Crippen molar-refractivity contribution >= 4 is 17.8 Å². The first kappa shape index (κ1) is 12.3. The first-order valence-corrected chi connectivity index (χ1v) is 5.43. The molecule has 0 aliphatic carbocycles. The summed E-state index contributed by atoms with van der Waals surface area (Å²) in [5.41, 5.74) is 6.72. The van der Waals surface area contributed by atoms with Gasteiger partial charge >= 0.3 is 0 Å². The quantitative estimate of drug-likeness (QED) is 0.755. The fourth-order valence-corrected chi connectivity index (χ4v) is 1.81. The van der Waals surface area contributed by atoms with Gasteiger partial charge in [0, 0.05) is 16.8 Å². The Balaban J connectivity index is 2.90. The number of hydrogen-bond acceptors (Lipinski definition) is 3. The Labute approximate surface area is 95.7 Å². The Morgan fingerprint density at radius 1 is 1.73 bits per heavy atom. The number of allylic oxidation sites excluding steroid dienone is 1. The summed E-state index contributed by atoms with van der Waals surface area (Å²) in [6.45, 7) is 2.11. The maximum Gasteiger partial charge on any atom is 0.123 e. The summed E-state index contributed by atoms with van der Waals surface area (Å²) in [4.78, 5) is 4.26. The molecule has 2 unspecified atom stereocenters. The molecule has 0 saturated carbocycles. The van der Waals surface area contributed by atoms with Crippen molar-refractivity contribution in [3.05, 3.63) is 22.9 Å². The van der Waals surface area contributed by atoms with Gasteiger partial charge in [0.1, 0.15) is 6.17 Å². The molecule has 1 rings (SSSR count). The highest BCUT2D eigenvalue weighted by Gasteiger charge is 2.17. The van der Waals surface area contributed by atoms with Crippen LogP contribution in [0.5, 0.6) is 0 Å². The van der Waals surface area contributed by atoms with Crippen LogP contribution in [0.25, 0.3) is 0 Å². The summed E-state index contributed by atoms with van der Waals surface area (Å²) in [6, 6.07) is 0. The highest BCUT2D eigenvalue weighted by molar-refractivity contribution is 6.30. The smallest absolute Gasteiger partial charge is 0.123 e. The van der Waals surface area contributed by atoms with Gasteiger partial charge in [-0.1, -0.05) is 18.5 Å². The molecule has 84 valence electrons. The molecule has 4 heteroatoms. The van der Waals surface area contributed by atoms with E-state index in [-0.39, 0.29) is 6.17 Å². The lowest BCUT2D eigenvalue weighted by molar-refractivity contribution is 0.337. The van der Waals surface area contributed by atoms with Crippen LogP contribution in [-0.2, 0) is 4.74 Å². The summed E-state index contributed by atoms with van der Waals surface area (Å²) in [5.74, 6) is 0.386. The second kappa shape index (κ2) is 5.93. The van der Waals surface area contributed by atoms with Crippen LogP contribution in [0.2, 0.25) is 0 Å². The zero-order valence-electron chi connectivity index (χ0n) is 9.11. The summed E-state index contributed by atoms with van der Waals surface area (Å²) in [7, 11) is 1.59. The number of nitrogens with zero attached hydrogens (tertiary/aromatic N) is 1. The van der Waals surface area contributed by atoms with Crippen LogP contribution in [0.4, 0.5) is 0 Å². The van der Waals surface area contributed by atoms with Crippen molar-refractivity contribution in [3.63, 3.8) is 0 Å². The zero-order valence-corrected chi connectivity index (χ0v) is 9.87. The minimum Gasteiger partial charge on any atom is -0.504 e. The average molecular weight is 229 g/mol. The van der Waals surface area contributed by atoms with E-state index in [2.05, 4.69) is 11.9 Å². The molecule has 15 heavy (non-hydrogen) atoms. The molecule has 0 aromatic heterocycles. The lowest BCUT2D eigenvalue weighted by Gasteiger charge is -2.08. The second-order valence-electron chi connectivity index (χ2n) is 3.51. The number of nitrogens with two attached hydrogens (primary N) is 1. The van der Waals surface area contributed by atoms with Crippen molar-refractivity contribution in [3.8, 4) is 0 Å². The van der Waals surface area contributed by atoms with Crippen LogP contribution >= 0.6 is 11.6 Å². The monoisotopic (exact) mass is 228 g/mol. The molecule has 0 fully saturated rings. The van der Waals surface area contributed by atoms with Crippen LogP contribution in [0.3, 0.4) is 0 Å².